The van der Waals surface area contributed by atoms with Crippen molar-refractivity contribution in [3.63, 3.8) is 0 Å². The second-order valence-corrected chi connectivity index (χ2v) is 10.4. The highest BCUT2D eigenvalue weighted by atomic mass is 32.2. The summed E-state index contributed by atoms with van der Waals surface area (Å²) in [5, 5.41) is 2.76. The molecule has 0 unspecified atom stereocenters. The molecule has 0 radical (unpaired) electrons. The molecule has 3 aromatic rings. The smallest absolute Gasteiger partial charge is 0.264 e. The number of amides is 1. The van der Waals surface area contributed by atoms with Crippen molar-refractivity contribution in [3.05, 3.63) is 84.2 Å². The number of benzene rings is 3. The van der Waals surface area contributed by atoms with Crippen molar-refractivity contribution >= 4 is 33.4 Å². The van der Waals surface area contributed by atoms with Gasteiger partial charge in [0.1, 0.15) is 12.4 Å². The lowest BCUT2D eigenvalue weighted by molar-refractivity contribution is -0.119. The van der Waals surface area contributed by atoms with Crippen LogP contribution >= 0.6 is 11.8 Å². The van der Waals surface area contributed by atoms with Crippen LogP contribution in [-0.2, 0) is 20.6 Å². The first kappa shape index (κ1) is 26.4. The van der Waals surface area contributed by atoms with Crippen molar-refractivity contribution in [1.29, 1.82) is 0 Å². The molecule has 0 saturated carbocycles. The molecule has 0 saturated heterocycles. The lowest BCUT2D eigenvalue weighted by Crippen LogP contribution is -2.41. The van der Waals surface area contributed by atoms with Crippen LogP contribution in [0.3, 0.4) is 0 Å². The maximum atomic E-state index is 13.5. The van der Waals surface area contributed by atoms with Crippen LogP contribution in [0, 0.1) is 5.82 Å². The molecule has 1 N–H and O–H groups in total. The molecule has 3 rings (SSSR count). The van der Waals surface area contributed by atoms with Crippen molar-refractivity contribution in [2.75, 3.05) is 37.4 Å². The fourth-order valence-corrected chi connectivity index (χ4v) is 5.50. The Morgan fingerprint density at radius 2 is 1.66 bits per heavy atom. The Kier molecular flexibility index (Phi) is 9.39. The van der Waals surface area contributed by atoms with Crippen molar-refractivity contribution in [3.8, 4) is 11.5 Å². The number of halogens is 1. The van der Waals surface area contributed by atoms with Crippen molar-refractivity contribution in [2.45, 2.75) is 10.6 Å². The topological polar surface area (TPSA) is 84.9 Å². The number of hydrogen-bond donors (Lipinski definition) is 1. The number of ether oxygens (including phenoxy) is 2. The number of thioether (sulfide) groups is 1. The fourth-order valence-electron chi connectivity index (χ4n) is 3.24. The number of rotatable bonds is 12. The molecule has 35 heavy (non-hydrogen) atoms. The largest absolute Gasteiger partial charge is 0.493 e. The first-order chi connectivity index (χ1) is 16.8. The molecule has 7 nitrogen and oxygen atoms in total. The number of nitrogens with one attached hydrogen (secondary N) is 1. The van der Waals surface area contributed by atoms with Gasteiger partial charge < -0.3 is 14.8 Å². The summed E-state index contributed by atoms with van der Waals surface area (Å²) in [4.78, 5) is 12.6. The van der Waals surface area contributed by atoms with Crippen LogP contribution in [0.2, 0.25) is 0 Å². The van der Waals surface area contributed by atoms with Crippen LogP contribution in [0.25, 0.3) is 0 Å². The van der Waals surface area contributed by atoms with E-state index in [9.17, 15) is 17.6 Å². The van der Waals surface area contributed by atoms with Gasteiger partial charge in [-0.15, -0.1) is 0 Å². The van der Waals surface area contributed by atoms with Gasteiger partial charge in [-0.1, -0.05) is 30.3 Å². The Bertz CT molecular complexity index is 1220. The zero-order valence-corrected chi connectivity index (χ0v) is 21.1. The van der Waals surface area contributed by atoms with E-state index in [0.29, 0.717) is 18.0 Å². The molecule has 186 valence electrons. The highest BCUT2D eigenvalue weighted by Gasteiger charge is 2.28. The maximum absolute atomic E-state index is 13.5. The number of anilines is 1. The zero-order valence-electron chi connectivity index (χ0n) is 19.4. The first-order valence-corrected chi connectivity index (χ1v) is 13.3. The zero-order chi connectivity index (χ0) is 25.3. The van der Waals surface area contributed by atoms with Gasteiger partial charge in [0.15, 0.2) is 11.5 Å². The molecule has 0 fully saturated rings. The normalized spacial score (nSPS) is 11.1. The van der Waals surface area contributed by atoms with Crippen molar-refractivity contribution in [1.82, 2.24) is 5.32 Å². The fraction of sp³-hybridized carbons (Fsp3) is 0.240. The van der Waals surface area contributed by atoms with Gasteiger partial charge in [0.25, 0.3) is 10.0 Å². The van der Waals surface area contributed by atoms with E-state index in [-0.39, 0.29) is 16.3 Å². The van der Waals surface area contributed by atoms with Gasteiger partial charge in [0, 0.05) is 24.1 Å². The van der Waals surface area contributed by atoms with Gasteiger partial charge in [0.05, 0.1) is 24.8 Å². The number of carbonyl (C=O) groups excluding carboxylic acids is 1. The summed E-state index contributed by atoms with van der Waals surface area (Å²) in [7, 11) is -1.34. The second kappa shape index (κ2) is 12.5. The van der Waals surface area contributed by atoms with Gasteiger partial charge in [-0.3, -0.25) is 9.10 Å². The molecule has 0 aromatic heterocycles. The summed E-state index contributed by atoms with van der Waals surface area (Å²) in [5.41, 5.74) is 1.35. The van der Waals surface area contributed by atoms with E-state index in [2.05, 4.69) is 5.32 Å². The lowest BCUT2D eigenvalue weighted by atomic mass is 10.2. The van der Waals surface area contributed by atoms with Crippen LogP contribution in [0.4, 0.5) is 10.1 Å². The molecular formula is C25H27FN2O5S2. The minimum absolute atomic E-state index is 0.0920. The van der Waals surface area contributed by atoms with E-state index in [1.165, 1.54) is 50.1 Å². The summed E-state index contributed by atoms with van der Waals surface area (Å²) in [6.07, 6.45) is 0. The third-order valence-corrected chi connectivity index (χ3v) is 7.83. The van der Waals surface area contributed by atoms with Crippen LogP contribution in [0.1, 0.15) is 5.56 Å². The average Bonchev–Trinajstić information content (AvgIpc) is 2.87. The van der Waals surface area contributed by atoms with E-state index >= 15 is 0 Å². The molecule has 1 amide bonds. The number of hydrogen-bond acceptors (Lipinski definition) is 6. The summed E-state index contributed by atoms with van der Waals surface area (Å²) in [6, 6.07) is 19.0. The Hall–Kier alpha value is -3.24. The number of carbonyl (C=O) groups is 1. The number of nitrogens with zero attached hydrogens (tertiary/aromatic N) is 1. The average molecular weight is 519 g/mol. The molecule has 0 aliphatic heterocycles. The Labute approximate surface area is 209 Å². The van der Waals surface area contributed by atoms with E-state index < -0.39 is 28.3 Å². The highest BCUT2D eigenvalue weighted by molar-refractivity contribution is 7.98. The van der Waals surface area contributed by atoms with Gasteiger partial charge in [-0.25, -0.2) is 12.8 Å². The second-order valence-electron chi connectivity index (χ2n) is 7.39. The number of methoxy groups -OCH3 is 2. The van der Waals surface area contributed by atoms with E-state index in [1.54, 1.807) is 11.8 Å². The maximum Gasteiger partial charge on any atom is 0.264 e. The molecule has 3 aromatic carbocycles. The molecule has 0 heterocycles. The molecule has 0 spiro atoms. The summed E-state index contributed by atoms with van der Waals surface area (Å²) in [5.74, 6) is 1.08. The van der Waals surface area contributed by atoms with Crippen LogP contribution in [-0.4, -0.2) is 47.4 Å². The molecule has 10 heteroatoms. The quantitative estimate of drug-likeness (QED) is 0.364. The van der Waals surface area contributed by atoms with Gasteiger partial charge >= 0.3 is 0 Å². The van der Waals surface area contributed by atoms with Crippen LogP contribution in [0.15, 0.2) is 77.7 Å². The molecule has 0 aliphatic rings. The van der Waals surface area contributed by atoms with E-state index in [0.717, 1.165) is 22.2 Å². The van der Waals surface area contributed by atoms with Gasteiger partial charge in [-0.2, -0.15) is 11.8 Å². The standard InChI is InChI=1S/C25H27FN2O5S2/c1-32-23-13-12-22(16-24(23)33-2)35(30,31)28(21-10-8-20(26)9-11-21)17-25(29)27-14-15-34-18-19-6-4-3-5-7-19/h3-13,16H,14-15,17-18H2,1-2H3,(H,27,29). The van der Waals surface area contributed by atoms with Crippen molar-refractivity contribution < 1.29 is 27.1 Å². The lowest BCUT2D eigenvalue weighted by Gasteiger charge is -2.24. The predicted molar refractivity (Wildman–Crippen MR) is 136 cm³/mol. The summed E-state index contributed by atoms with van der Waals surface area (Å²) < 4.78 is 51.9. The molecule has 0 aliphatic carbocycles. The SMILES string of the molecule is COc1ccc(S(=O)(=O)N(CC(=O)NCCSCc2ccccc2)c2ccc(F)cc2)cc1OC. The van der Waals surface area contributed by atoms with E-state index in [4.69, 9.17) is 9.47 Å². The molecule has 0 atom stereocenters. The third-order valence-electron chi connectivity index (χ3n) is 5.02. The van der Waals surface area contributed by atoms with E-state index in [1.807, 2.05) is 30.3 Å². The molecular weight excluding hydrogens is 491 g/mol. The van der Waals surface area contributed by atoms with Gasteiger partial charge in [-0.05, 0) is 42.0 Å². The van der Waals surface area contributed by atoms with Gasteiger partial charge in [0.2, 0.25) is 5.91 Å². The predicted octanol–water partition coefficient (Wildman–Crippen LogP) is 4.09. The third kappa shape index (κ3) is 7.12. The summed E-state index contributed by atoms with van der Waals surface area (Å²) >= 11 is 1.66. The minimum Gasteiger partial charge on any atom is -0.493 e. The highest BCUT2D eigenvalue weighted by Crippen LogP contribution is 2.32. The Morgan fingerprint density at radius 1 is 0.971 bits per heavy atom. The molecule has 0 bridgehead atoms. The first-order valence-electron chi connectivity index (χ1n) is 10.7. The van der Waals surface area contributed by atoms with Crippen LogP contribution < -0.4 is 19.1 Å². The minimum atomic E-state index is -4.18. The monoisotopic (exact) mass is 518 g/mol. The van der Waals surface area contributed by atoms with Crippen molar-refractivity contribution in [2.24, 2.45) is 0 Å². The Balaban J connectivity index is 1.72. The van der Waals surface area contributed by atoms with Crippen LogP contribution in [0.5, 0.6) is 11.5 Å². The Morgan fingerprint density at radius 3 is 2.31 bits per heavy atom. The summed E-state index contributed by atoms with van der Waals surface area (Å²) in [6.45, 7) is -0.0876. The number of sulfonamides is 1.